The van der Waals surface area contributed by atoms with E-state index in [1.807, 2.05) is 18.2 Å². The van der Waals surface area contributed by atoms with Crippen molar-refractivity contribution in [3.05, 3.63) is 33.3 Å². The Balaban J connectivity index is 2.28. The molecule has 0 saturated heterocycles. The zero-order chi connectivity index (χ0) is 13.4. The Bertz CT molecular complexity index is 402. The molecule has 1 aromatic carbocycles. The lowest BCUT2D eigenvalue weighted by Crippen LogP contribution is -2.35. The molecule has 4 nitrogen and oxygen atoms in total. The van der Waals surface area contributed by atoms with E-state index in [4.69, 9.17) is 16.3 Å². The van der Waals surface area contributed by atoms with Gasteiger partial charge in [0.25, 0.3) is 0 Å². The lowest BCUT2D eigenvalue weighted by molar-refractivity contribution is -0.120. The van der Waals surface area contributed by atoms with Crippen LogP contribution in [0.3, 0.4) is 0 Å². The first-order valence-corrected chi connectivity index (χ1v) is 6.71. The first-order chi connectivity index (χ1) is 8.63. The molecule has 0 radical (unpaired) electrons. The van der Waals surface area contributed by atoms with Gasteiger partial charge in [0, 0.05) is 29.7 Å². The Labute approximate surface area is 120 Å². The normalized spacial score (nSPS) is 10.4. The van der Waals surface area contributed by atoms with E-state index in [2.05, 4.69) is 26.6 Å². The zero-order valence-electron chi connectivity index (χ0n) is 10.1. The fourth-order valence-electron chi connectivity index (χ4n) is 1.34. The Kier molecular flexibility index (Phi) is 7.27. The van der Waals surface area contributed by atoms with Crippen LogP contribution in [0.4, 0.5) is 0 Å². The first kappa shape index (κ1) is 15.4. The first-order valence-electron chi connectivity index (χ1n) is 5.53. The highest BCUT2D eigenvalue weighted by molar-refractivity contribution is 9.10. The van der Waals surface area contributed by atoms with Crippen LogP contribution in [0.2, 0.25) is 5.02 Å². The van der Waals surface area contributed by atoms with Gasteiger partial charge in [-0.1, -0.05) is 27.5 Å². The number of hydrogen-bond donors (Lipinski definition) is 2. The summed E-state index contributed by atoms with van der Waals surface area (Å²) in [5.74, 6) is -0.0507. The van der Waals surface area contributed by atoms with Crippen molar-refractivity contribution in [1.82, 2.24) is 10.6 Å². The van der Waals surface area contributed by atoms with E-state index < -0.39 is 0 Å². The molecular formula is C12H16BrClN2O2. The van der Waals surface area contributed by atoms with Crippen molar-refractivity contribution in [3.63, 3.8) is 0 Å². The number of amides is 1. The van der Waals surface area contributed by atoms with Gasteiger partial charge >= 0.3 is 0 Å². The van der Waals surface area contributed by atoms with Gasteiger partial charge in [0.1, 0.15) is 0 Å². The SMILES string of the molecule is COCCNC(=O)CNCc1cc(Cl)ccc1Br. The second-order valence-corrected chi connectivity index (χ2v) is 4.97. The summed E-state index contributed by atoms with van der Waals surface area (Å²) in [5, 5.41) is 6.47. The standard InChI is InChI=1S/C12H16BrClN2O2/c1-18-5-4-16-12(17)8-15-7-9-6-10(14)2-3-11(9)13/h2-3,6,15H,4-5,7-8H2,1H3,(H,16,17). The number of nitrogens with one attached hydrogen (secondary N) is 2. The number of methoxy groups -OCH3 is 1. The van der Waals surface area contributed by atoms with Gasteiger partial charge in [-0.05, 0) is 23.8 Å². The molecule has 0 fully saturated rings. The van der Waals surface area contributed by atoms with Crippen LogP contribution >= 0.6 is 27.5 Å². The largest absolute Gasteiger partial charge is 0.383 e. The van der Waals surface area contributed by atoms with Gasteiger partial charge in [0.15, 0.2) is 0 Å². The maximum Gasteiger partial charge on any atom is 0.234 e. The minimum absolute atomic E-state index is 0.0507. The predicted molar refractivity (Wildman–Crippen MR) is 75.7 cm³/mol. The van der Waals surface area contributed by atoms with Crippen molar-refractivity contribution in [1.29, 1.82) is 0 Å². The van der Waals surface area contributed by atoms with Crippen molar-refractivity contribution >= 4 is 33.4 Å². The molecule has 0 bridgehead atoms. The van der Waals surface area contributed by atoms with Gasteiger partial charge in [0.2, 0.25) is 5.91 Å². The van der Waals surface area contributed by atoms with Crippen LogP contribution in [0.25, 0.3) is 0 Å². The molecule has 6 heteroatoms. The van der Waals surface area contributed by atoms with Crippen molar-refractivity contribution in [3.8, 4) is 0 Å². The Morgan fingerprint density at radius 3 is 3.00 bits per heavy atom. The van der Waals surface area contributed by atoms with Gasteiger partial charge < -0.3 is 15.4 Å². The van der Waals surface area contributed by atoms with E-state index in [-0.39, 0.29) is 12.5 Å². The molecular weight excluding hydrogens is 320 g/mol. The average molecular weight is 336 g/mol. The summed E-state index contributed by atoms with van der Waals surface area (Å²) in [6.07, 6.45) is 0. The summed E-state index contributed by atoms with van der Waals surface area (Å²) in [6.45, 7) is 1.89. The fourth-order valence-corrected chi connectivity index (χ4v) is 1.93. The summed E-state index contributed by atoms with van der Waals surface area (Å²) >= 11 is 9.33. The average Bonchev–Trinajstić information content (AvgIpc) is 2.34. The molecule has 0 aliphatic heterocycles. The third-order valence-electron chi connectivity index (χ3n) is 2.24. The van der Waals surface area contributed by atoms with Crippen LogP contribution in [-0.4, -0.2) is 32.7 Å². The molecule has 1 aromatic rings. The molecule has 0 spiro atoms. The lowest BCUT2D eigenvalue weighted by atomic mass is 10.2. The molecule has 0 aliphatic rings. The van der Waals surface area contributed by atoms with Crippen molar-refractivity contribution in [2.24, 2.45) is 0 Å². The minimum atomic E-state index is -0.0507. The Morgan fingerprint density at radius 1 is 1.50 bits per heavy atom. The molecule has 0 aliphatic carbocycles. The Hall–Kier alpha value is -0.620. The van der Waals surface area contributed by atoms with Gasteiger partial charge in [-0.2, -0.15) is 0 Å². The molecule has 0 aromatic heterocycles. The molecule has 0 atom stereocenters. The third kappa shape index (κ3) is 5.82. The van der Waals surface area contributed by atoms with Crippen LogP contribution in [0, 0.1) is 0 Å². The van der Waals surface area contributed by atoms with Crippen LogP contribution in [0.15, 0.2) is 22.7 Å². The molecule has 1 rings (SSSR count). The van der Waals surface area contributed by atoms with Crippen molar-refractivity contribution < 1.29 is 9.53 Å². The summed E-state index contributed by atoms with van der Waals surface area (Å²) in [5.41, 5.74) is 1.02. The number of benzene rings is 1. The highest BCUT2D eigenvalue weighted by Gasteiger charge is 2.03. The number of ether oxygens (including phenoxy) is 1. The van der Waals surface area contributed by atoms with Gasteiger partial charge in [-0.15, -0.1) is 0 Å². The maximum absolute atomic E-state index is 11.4. The van der Waals surface area contributed by atoms with Crippen molar-refractivity contribution in [2.45, 2.75) is 6.54 Å². The fraction of sp³-hybridized carbons (Fsp3) is 0.417. The van der Waals surface area contributed by atoms with E-state index >= 15 is 0 Å². The van der Waals surface area contributed by atoms with E-state index in [0.29, 0.717) is 24.7 Å². The number of hydrogen-bond acceptors (Lipinski definition) is 3. The number of rotatable bonds is 7. The van der Waals surface area contributed by atoms with Crippen LogP contribution in [0.5, 0.6) is 0 Å². The highest BCUT2D eigenvalue weighted by atomic mass is 79.9. The molecule has 0 unspecified atom stereocenters. The second kappa shape index (κ2) is 8.48. The summed E-state index contributed by atoms with van der Waals surface area (Å²) < 4.78 is 5.81. The van der Waals surface area contributed by atoms with E-state index in [0.717, 1.165) is 10.0 Å². The zero-order valence-corrected chi connectivity index (χ0v) is 12.5. The molecule has 0 heterocycles. The third-order valence-corrected chi connectivity index (χ3v) is 3.25. The van der Waals surface area contributed by atoms with Crippen LogP contribution in [-0.2, 0) is 16.1 Å². The Morgan fingerprint density at radius 2 is 2.28 bits per heavy atom. The minimum Gasteiger partial charge on any atom is -0.383 e. The number of carbonyl (C=O) groups excluding carboxylic acids is 1. The summed E-state index contributed by atoms with van der Waals surface area (Å²) in [6, 6.07) is 5.56. The van der Waals surface area contributed by atoms with Gasteiger partial charge in [0.05, 0.1) is 13.2 Å². The van der Waals surface area contributed by atoms with Crippen molar-refractivity contribution in [2.75, 3.05) is 26.8 Å². The number of carbonyl (C=O) groups is 1. The molecule has 18 heavy (non-hydrogen) atoms. The van der Waals surface area contributed by atoms with Crippen LogP contribution < -0.4 is 10.6 Å². The van der Waals surface area contributed by atoms with Gasteiger partial charge in [-0.25, -0.2) is 0 Å². The monoisotopic (exact) mass is 334 g/mol. The maximum atomic E-state index is 11.4. The summed E-state index contributed by atoms with van der Waals surface area (Å²) in [7, 11) is 1.60. The topological polar surface area (TPSA) is 50.4 Å². The lowest BCUT2D eigenvalue weighted by Gasteiger charge is -2.08. The van der Waals surface area contributed by atoms with Crippen LogP contribution in [0.1, 0.15) is 5.56 Å². The van der Waals surface area contributed by atoms with Gasteiger partial charge in [-0.3, -0.25) is 4.79 Å². The number of halogens is 2. The van der Waals surface area contributed by atoms with E-state index in [1.54, 1.807) is 7.11 Å². The highest BCUT2D eigenvalue weighted by Crippen LogP contribution is 2.20. The molecule has 0 saturated carbocycles. The van der Waals surface area contributed by atoms with E-state index in [9.17, 15) is 4.79 Å². The van der Waals surface area contributed by atoms with E-state index in [1.165, 1.54) is 0 Å². The quantitative estimate of drug-likeness (QED) is 0.749. The second-order valence-electron chi connectivity index (χ2n) is 3.68. The molecule has 1 amide bonds. The summed E-state index contributed by atoms with van der Waals surface area (Å²) in [4.78, 5) is 11.4. The predicted octanol–water partition coefficient (Wildman–Crippen LogP) is 1.95. The molecule has 2 N–H and O–H groups in total. The molecule has 100 valence electrons. The smallest absolute Gasteiger partial charge is 0.234 e.